The Morgan fingerprint density at radius 2 is 1.73 bits per heavy atom. The highest BCUT2D eigenvalue weighted by molar-refractivity contribution is 6.50. The molecule has 0 bridgehead atoms. The molecule has 0 aliphatic heterocycles. The minimum absolute atomic E-state index is 0. The Morgan fingerprint density at radius 1 is 1.23 bits per heavy atom. The van der Waals surface area contributed by atoms with Crippen LogP contribution >= 0.6 is 0 Å². The molecule has 0 aromatic heterocycles. The van der Waals surface area contributed by atoms with E-state index in [9.17, 15) is 37.1 Å². The van der Waals surface area contributed by atoms with Crippen molar-refractivity contribution in [3.05, 3.63) is 12.2 Å². The minimum Gasteiger partial charge on any atom is -0.481 e. The Bertz CT molecular complexity index is 438. The number of hydrogen-bond donors (Lipinski definition) is 2. The third kappa shape index (κ3) is 6.49. The van der Waals surface area contributed by atoms with E-state index in [1.807, 2.05) is 6.92 Å². The fraction of sp³-hybridized carbons (Fsp3) is 0.692. The fourth-order valence-electron chi connectivity index (χ4n) is 2.45. The quantitative estimate of drug-likeness (QED) is 0.453. The van der Waals surface area contributed by atoms with Crippen molar-refractivity contribution in [3.8, 4) is 0 Å². The van der Waals surface area contributed by atoms with Gasteiger partial charge in [0.2, 0.25) is 0 Å². The molecule has 0 heterocycles. The van der Waals surface area contributed by atoms with Gasteiger partial charge in [0.1, 0.15) is 0 Å². The summed E-state index contributed by atoms with van der Waals surface area (Å²) >= 11 is 0. The van der Waals surface area contributed by atoms with E-state index in [2.05, 4.69) is 0 Å². The third-order valence-electron chi connectivity index (χ3n) is 3.63. The van der Waals surface area contributed by atoms with Crippen LogP contribution in [0.5, 0.6) is 0 Å². The number of halogens is 4. The van der Waals surface area contributed by atoms with Gasteiger partial charge in [-0.1, -0.05) is 31.9 Å². The van der Waals surface area contributed by atoms with Crippen molar-refractivity contribution >= 4 is 19.2 Å². The first-order valence-corrected chi connectivity index (χ1v) is 6.88. The van der Waals surface area contributed by atoms with Crippen LogP contribution in [0, 0.1) is 10.8 Å². The highest BCUT2D eigenvalue weighted by Crippen LogP contribution is 2.45. The summed E-state index contributed by atoms with van der Waals surface area (Å²) in [5.74, 6) is -1.82. The van der Waals surface area contributed by atoms with Gasteiger partial charge < -0.3 is 27.5 Å². The predicted molar refractivity (Wildman–Crippen MR) is 75.0 cm³/mol. The largest absolute Gasteiger partial charge is 1.00 e. The summed E-state index contributed by atoms with van der Waals surface area (Å²) in [7, 11) is -6.00. The minimum atomic E-state index is -6.00. The normalized spacial score (nSPS) is 27.7. The van der Waals surface area contributed by atoms with Gasteiger partial charge in [-0.15, -0.1) is 0 Å². The van der Waals surface area contributed by atoms with E-state index in [0.29, 0.717) is 12.8 Å². The zero-order valence-corrected chi connectivity index (χ0v) is 12.5. The van der Waals surface area contributed by atoms with E-state index in [-0.39, 0.29) is 7.85 Å². The van der Waals surface area contributed by atoms with Crippen LogP contribution in [-0.4, -0.2) is 29.4 Å². The number of aliphatic carboxylic acids is 2. The molecular weight excluding hydrogens is 307 g/mol. The second kappa shape index (κ2) is 7.64. The number of hydrogen-bond acceptors (Lipinski definition) is 2. The monoisotopic (exact) mass is 328 g/mol. The SMILES string of the molecule is CCCCC1(C(=O)O)C=CCC(C)(C(=O)O)C1.F[B-](F)(F)F.[H+]. The van der Waals surface area contributed by atoms with E-state index >= 15 is 0 Å². The fourth-order valence-corrected chi connectivity index (χ4v) is 2.45. The lowest BCUT2D eigenvalue weighted by Gasteiger charge is -2.37. The number of carbonyl (C=O) groups is 2. The average molecular weight is 328 g/mol. The van der Waals surface area contributed by atoms with Crippen LogP contribution in [0.3, 0.4) is 0 Å². The number of carboxylic acid groups (broad SMARTS) is 2. The highest BCUT2D eigenvalue weighted by Gasteiger charge is 2.47. The molecule has 0 saturated heterocycles. The summed E-state index contributed by atoms with van der Waals surface area (Å²) in [6, 6.07) is 0. The average Bonchev–Trinajstić information content (AvgIpc) is 2.34. The molecule has 128 valence electrons. The molecule has 2 unspecified atom stereocenters. The maximum Gasteiger partial charge on any atom is 1.00 e. The number of allylic oxidation sites excluding steroid dienone is 1. The van der Waals surface area contributed by atoms with Gasteiger partial charge in [-0.25, -0.2) is 0 Å². The second-order valence-corrected chi connectivity index (χ2v) is 5.71. The molecule has 1 rings (SSSR count). The van der Waals surface area contributed by atoms with E-state index in [1.54, 1.807) is 19.1 Å². The van der Waals surface area contributed by atoms with Crippen molar-refractivity contribution in [3.63, 3.8) is 0 Å². The van der Waals surface area contributed by atoms with Crippen LogP contribution in [0.1, 0.15) is 47.4 Å². The molecule has 0 fully saturated rings. The summed E-state index contributed by atoms with van der Waals surface area (Å²) < 4.78 is 39.0. The van der Waals surface area contributed by atoms with Crippen LogP contribution in [0.2, 0.25) is 0 Å². The van der Waals surface area contributed by atoms with Gasteiger partial charge in [0, 0.05) is 0 Å². The van der Waals surface area contributed by atoms with E-state index in [1.165, 1.54) is 0 Å². The molecule has 2 atom stereocenters. The predicted octanol–water partition coefficient (Wildman–Crippen LogP) is 4.10. The Morgan fingerprint density at radius 3 is 2.09 bits per heavy atom. The zero-order chi connectivity index (χ0) is 17.6. The molecule has 0 radical (unpaired) electrons. The van der Waals surface area contributed by atoms with E-state index < -0.39 is 30.0 Å². The van der Waals surface area contributed by atoms with Crippen LogP contribution in [0.25, 0.3) is 0 Å². The van der Waals surface area contributed by atoms with Crippen molar-refractivity contribution in [2.24, 2.45) is 10.8 Å². The number of rotatable bonds is 5. The van der Waals surface area contributed by atoms with Gasteiger partial charge in [-0.05, 0) is 26.2 Å². The second-order valence-electron chi connectivity index (χ2n) is 5.71. The maximum atomic E-state index is 11.4. The Hall–Kier alpha value is -1.54. The Balaban J connectivity index is 0. The Labute approximate surface area is 127 Å². The van der Waals surface area contributed by atoms with Crippen molar-refractivity contribution in [1.82, 2.24) is 0 Å². The number of unbranched alkanes of at least 4 members (excludes halogenated alkanes) is 1. The summed E-state index contributed by atoms with van der Waals surface area (Å²) in [5.41, 5.74) is -1.96. The highest BCUT2D eigenvalue weighted by atomic mass is 19.5. The maximum absolute atomic E-state index is 11.4. The van der Waals surface area contributed by atoms with Gasteiger partial charge in [-0.2, -0.15) is 0 Å². The lowest BCUT2D eigenvalue weighted by atomic mass is 9.64. The standard InChI is InChI=1S/C13H20O4.BF4/c1-3-4-7-13(11(16)17)8-5-6-12(2,9-13)10(14)15;2-1(3,4)5/h5,8H,3-4,6-7,9H2,1-2H3,(H,14,15)(H,16,17);/q;-1/p+1. The van der Waals surface area contributed by atoms with Crippen molar-refractivity contribution in [2.75, 3.05) is 0 Å². The van der Waals surface area contributed by atoms with E-state index in [0.717, 1.165) is 12.8 Å². The molecule has 22 heavy (non-hydrogen) atoms. The third-order valence-corrected chi connectivity index (χ3v) is 3.63. The van der Waals surface area contributed by atoms with Gasteiger partial charge in [0.25, 0.3) is 0 Å². The van der Waals surface area contributed by atoms with Crippen LogP contribution in [-0.2, 0) is 9.59 Å². The van der Waals surface area contributed by atoms with Gasteiger partial charge in [0.05, 0.1) is 10.8 Å². The summed E-state index contributed by atoms with van der Waals surface area (Å²) in [6.07, 6.45) is 6.21. The first-order chi connectivity index (χ1) is 9.86. The van der Waals surface area contributed by atoms with Crippen LogP contribution in [0.15, 0.2) is 12.2 Å². The molecule has 4 nitrogen and oxygen atoms in total. The lowest BCUT2D eigenvalue weighted by Crippen LogP contribution is -2.41. The molecule has 9 heteroatoms. The molecule has 0 amide bonds. The topological polar surface area (TPSA) is 74.6 Å². The summed E-state index contributed by atoms with van der Waals surface area (Å²) in [4.78, 5) is 22.7. The smallest absolute Gasteiger partial charge is 0.481 e. The van der Waals surface area contributed by atoms with E-state index in [4.69, 9.17) is 0 Å². The Kier molecular flexibility index (Phi) is 7.11. The molecule has 1 aliphatic carbocycles. The van der Waals surface area contributed by atoms with Crippen molar-refractivity contribution in [1.29, 1.82) is 0 Å². The molecule has 0 spiro atoms. The van der Waals surface area contributed by atoms with Gasteiger partial charge >= 0.3 is 20.6 Å². The first-order valence-electron chi connectivity index (χ1n) is 6.88. The molecular formula is C13H21BF4O4. The molecule has 2 N–H and O–H groups in total. The van der Waals surface area contributed by atoms with Gasteiger partial charge in [0.15, 0.2) is 0 Å². The van der Waals surface area contributed by atoms with Crippen LogP contribution in [0.4, 0.5) is 17.3 Å². The molecule has 0 saturated carbocycles. The molecule has 0 aromatic rings. The first kappa shape index (κ1) is 20.5. The van der Waals surface area contributed by atoms with Crippen molar-refractivity contribution < 1.29 is 38.5 Å². The number of carboxylic acids is 2. The lowest BCUT2D eigenvalue weighted by molar-refractivity contribution is -0.155. The summed E-state index contributed by atoms with van der Waals surface area (Å²) in [5, 5.41) is 18.6. The van der Waals surface area contributed by atoms with Crippen LogP contribution < -0.4 is 0 Å². The molecule has 0 aromatic carbocycles. The summed E-state index contributed by atoms with van der Waals surface area (Å²) in [6.45, 7) is 3.63. The van der Waals surface area contributed by atoms with Crippen molar-refractivity contribution in [2.45, 2.75) is 46.0 Å². The van der Waals surface area contributed by atoms with Gasteiger partial charge in [-0.3, -0.25) is 9.59 Å². The molecule has 1 aliphatic rings. The zero-order valence-electron chi connectivity index (χ0n) is 13.5.